The van der Waals surface area contributed by atoms with Gasteiger partial charge in [-0.2, -0.15) is 0 Å². The maximum Gasteiger partial charge on any atom is 0.181 e. The van der Waals surface area contributed by atoms with Crippen molar-refractivity contribution >= 4 is 5.78 Å². The summed E-state index contributed by atoms with van der Waals surface area (Å²) in [4.78, 5) is 12.8. The second kappa shape index (κ2) is 15.9. The lowest BCUT2D eigenvalue weighted by Crippen LogP contribution is -2.25. The van der Waals surface area contributed by atoms with Gasteiger partial charge in [-0.15, -0.1) is 0 Å². The minimum Gasteiger partial charge on any atom is -0.290 e. The van der Waals surface area contributed by atoms with E-state index in [9.17, 15) is 4.79 Å². The van der Waals surface area contributed by atoms with Gasteiger partial charge in [-0.3, -0.25) is 4.79 Å². The second-order valence-electron chi connectivity index (χ2n) is 13.6. The summed E-state index contributed by atoms with van der Waals surface area (Å²) < 4.78 is 0. The normalized spacial score (nSPS) is 24.1. The Kier molecular flexibility index (Phi) is 13.3. The first kappa shape index (κ1) is 34.3. The van der Waals surface area contributed by atoms with Gasteiger partial charge in [0.15, 0.2) is 5.78 Å². The van der Waals surface area contributed by atoms with E-state index in [-0.39, 0.29) is 16.6 Å². The highest BCUT2D eigenvalue weighted by Gasteiger charge is 2.31. The SMILES string of the molecule is CC1=C(/C=C/C(C)=C/C=C/C(C)=C/C=C/C=C(C)/C=C/C=C(\C)C(=O)/C=C2\C(C)CCCC2(C)C)C(C)(C)CCC1. The van der Waals surface area contributed by atoms with E-state index in [1.807, 2.05) is 31.2 Å². The van der Waals surface area contributed by atoms with Crippen molar-refractivity contribution in [2.75, 3.05) is 0 Å². The van der Waals surface area contributed by atoms with Gasteiger partial charge >= 0.3 is 0 Å². The summed E-state index contributed by atoms with van der Waals surface area (Å²) in [6.07, 6.45) is 34.6. The van der Waals surface area contributed by atoms with Crippen molar-refractivity contribution in [2.45, 2.75) is 108 Å². The van der Waals surface area contributed by atoms with Crippen LogP contribution in [-0.2, 0) is 4.79 Å². The smallest absolute Gasteiger partial charge is 0.181 e. The second-order valence-corrected chi connectivity index (χ2v) is 13.6. The van der Waals surface area contributed by atoms with Crippen molar-refractivity contribution in [2.24, 2.45) is 16.7 Å². The minimum atomic E-state index is 0.119. The minimum absolute atomic E-state index is 0.119. The van der Waals surface area contributed by atoms with Gasteiger partial charge in [0.1, 0.15) is 0 Å². The summed E-state index contributed by atoms with van der Waals surface area (Å²) in [7, 11) is 0. The van der Waals surface area contributed by atoms with E-state index < -0.39 is 0 Å². The molecule has 2 aliphatic rings. The van der Waals surface area contributed by atoms with Crippen LogP contribution in [0.15, 0.2) is 118 Å². The quantitative estimate of drug-likeness (QED) is 0.194. The van der Waals surface area contributed by atoms with E-state index in [1.165, 1.54) is 60.0 Å². The lowest BCUT2D eigenvalue weighted by molar-refractivity contribution is -0.111. The first-order chi connectivity index (χ1) is 19.2. The van der Waals surface area contributed by atoms with Crippen molar-refractivity contribution in [3.63, 3.8) is 0 Å². The molecule has 0 aromatic heterocycles. The summed E-state index contributed by atoms with van der Waals surface area (Å²) in [5, 5.41) is 0. The Hall–Kier alpha value is -2.93. The zero-order valence-corrected chi connectivity index (χ0v) is 27.7. The summed E-state index contributed by atoms with van der Waals surface area (Å²) in [6, 6.07) is 0. The average Bonchev–Trinajstić information content (AvgIpc) is 2.87. The molecular weight excluding hydrogens is 496 g/mol. The van der Waals surface area contributed by atoms with E-state index in [1.54, 1.807) is 0 Å². The lowest BCUT2D eigenvalue weighted by atomic mass is 9.68. The fourth-order valence-corrected chi connectivity index (χ4v) is 5.99. The van der Waals surface area contributed by atoms with Crippen LogP contribution in [0.3, 0.4) is 0 Å². The molecule has 1 fully saturated rings. The molecule has 0 amide bonds. The zero-order valence-electron chi connectivity index (χ0n) is 27.7. The van der Waals surface area contributed by atoms with Crippen LogP contribution in [0, 0.1) is 16.7 Å². The summed E-state index contributed by atoms with van der Waals surface area (Å²) >= 11 is 0. The molecule has 1 heteroatoms. The van der Waals surface area contributed by atoms with Crippen molar-refractivity contribution in [1.29, 1.82) is 0 Å². The molecular formula is C40H56O. The van der Waals surface area contributed by atoms with Crippen molar-refractivity contribution in [3.05, 3.63) is 118 Å². The van der Waals surface area contributed by atoms with Gasteiger partial charge < -0.3 is 0 Å². The number of allylic oxidation sites excluding steroid dienone is 20. The van der Waals surface area contributed by atoms with E-state index in [0.717, 1.165) is 17.6 Å². The Morgan fingerprint density at radius 2 is 1.27 bits per heavy atom. The predicted molar refractivity (Wildman–Crippen MR) is 182 cm³/mol. The third-order valence-electron chi connectivity index (χ3n) is 8.73. The van der Waals surface area contributed by atoms with Crippen LogP contribution >= 0.6 is 0 Å². The maximum atomic E-state index is 12.8. The molecule has 2 rings (SSSR count). The first-order valence-corrected chi connectivity index (χ1v) is 15.6. The Morgan fingerprint density at radius 3 is 1.85 bits per heavy atom. The topological polar surface area (TPSA) is 17.1 Å². The molecule has 0 spiro atoms. The van der Waals surface area contributed by atoms with Crippen LogP contribution < -0.4 is 0 Å². The van der Waals surface area contributed by atoms with Crippen LogP contribution in [0.4, 0.5) is 0 Å². The van der Waals surface area contributed by atoms with Crippen LogP contribution in [0.2, 0.25) is 0 Å². The highest BCUT2D eigenvalue weighted by molar-refractivity contribution is 6.04. The van der Waals surface area contributed by atoms with Crippen molar-refractivity contribution in [3.8, 4) is 0 Å². The first-order valence-electron chi connectivity index (χ1n) is 15.6. The van der Waals surface area contributed by atoms with Gasteiger partial charge in [-0.05, 0) is 101 Å². The molecule has 0 aromatic carbocycles. The molecule has 1 unspecified atom stereocenters. The molecule has 0 radical (unpaired) electrons. The van der Waals surface area contributed by atoms with Crippen molar-refractivity contribution < 1.29 is 4.79 Å². The monoisotopic (exact) mass is 552 g/mol. The summed E-state index contributed by atoms with van der Waals surface area (Å²) in [5.41, 5.74) is 9.11. The van der Waals surface area contributed by atoms with Gasteiger partial charge in [-0.25, -0.2) is 0 Å². The van der Waals surface area contributed by atoms with Crippen LogP contribution in [-0.4, -0.2) is 5.78 Å². The van der Waals surface area contributed by atoms with Crippen molar-refractivity contribution in [1.82, 2.24) is 0 Å². The molecule has 0 saturated heterocycles. The fourth-order valence-electron chi connectivity index (χ4n) is 5.99. The molecule has 41 heavy (non-hydrogen) atoms. The highest BCUT2D eigenvalue weighted by atomic mass is 16.1. The number of ketones is 1. The highest BCUT2D eigenvalue weighted by Crippen LogP contribution is 2.43. The number of rotatable bonds is 10. The summed E-state index contributed by atoms with van der Waals surface area (Å²) in [6.45, 7) is 22.1. The van der Waals surface area contributed by atoms with Gasteiger partial charge in [0, 0.05) is 0 Å². The Bertz CT molecular complexity index is 1240. The third-order valence-corrected chi connectivity index (χ3v) is 8.73. The van der Waals surface area contributed by atoms with Gasteiger partial charge in [0.05, 0.1) is 0 Å². The third kappa shape index (κ3) is 11.5. The molecule has 222 valence electrons. The number of hydrogen-bond donors (Lipinski definition) is 0. The lowest BCUT2D eigenvalue weighted by Gasteiger charge is -2.37. The molecule has 0 N–H and O–H groups in total. The van der Waals surface area contributed by atoms with Crippen LogP contribution in [0.25, 0.3) is 0 Å². The van der Waals surface area contributed by atoms with Crippen LogP contribution in [0.1, 0.15) is 108 Å². The summed E-state index contributed by atoms with van der Waals surface area (Å²) in [5.74, 6) is 0.614. The van der Waals surface area contributed by atoms with E-state index in [0.29, 0.717) is 5.92 Å². The standard InChI is InChI=1S/C40H56O/c1-30(19-13-20-32(3)25-26-36-33(4)23-15-27-39(36,7)8)17-11-12-18-31(2)21-14-22-35(6)38(41)29-37-34(5)24-16-28-40(37,9)10/h11-14,17-22,25-26,29,34H,15-16,23-24,27-28H2,1-10H3/b12-11+,19-13+,21-14+,26-25+,30-17+,31-18+,32-20+,35-22+,37-29+. The fraction of sp³-hybridized carbons (Fsp3) is 0.475. The average molecular weight is 553 g/mol. The Balaban J connectivity index is 1.91. The molecule has 0 aliphatic heterocycles. The van der Waals surface area contributed by atoms with Gasteiger partial charge in [0.25, 0.3) is 0 Å². The number of hydrogen-bond acceptors (Lipinski definition) is 1. The van der Waals surface area contributed by atoms with Crippen LogP contribution in [0.5, 0.6) is 0 Å². The van der Waals surface area contributed by atoms with E-state index in [4.69, 9.17) is 0 Å². The number of carbonyl (C=O) groups is 1. The van der Waals surface area contributed by atoms with Gasteiger partial charge in [-0.1, -0.05) is 142 Å². The zero-order chi connectivity index (χ0) is 30.6. The maximum absolute atomic E-state index is 12.8. The molecule has 1 nitrogen and oxygen atoms in total. The molecule has 0 aromatic rings. The van der Waals surface area contributed by atoms with Gasteiger partial charge in [0.2, 0.25) is 0 Å². The Morgan fingerprint density at radius 1 is 0.732 bits per heavy atom. The predicted octanol–water partition coefficient (Wildman–Crippen LogP) is 11.9. The molecule has 1 atom stereocenters. The molecule has 0 bridgehead atoms. The van der Waals surface area contributed by atoms with E-state index in [2.05, 4.69) is 117 Å². The molecule has 1 saturated carbocycles. The number of carbonyl (C=O) groups excluding carboxylic acids is 1. The van der Waals surface area contributed by atoms with E-state index >= 15 is 0 Å². The molecule has 0 heterocycles. The molecule has 2 aliphatic carbocycles. The largest absolute Gasteiger partial charge is 0.290 e. The Labute approximate surface area is 252 Å².